The zero-order valence-electron chi connectivity index (χ0n) is 13.7. The first kappa shape index (κ1) is 14.5. The fourth-order valence-corrected chi connectivity index (χ4v) is 7.21. The van der Waals surface area contributed by atoms with Gasteiger partial charge in [-0.3, -0.25) is 0 Å². The van der Waals surface area contributed by atoms with Crippen molar-refractivity contribution in [2.75, 3.05) is 0 Å². The van der Waals surface area contributed by atoms with Gasteiger partial charge in [-0.2, -0.15) is 0 Å². The Bertz CT molecular complexity index is 422. The minimum Gasteiger partial charge on any atom is -0.393 e. The second-order valence-electron chi connectivity index (χ2n) is 9.19. The van der Waals surface area contributed by atoms with Crippen molar-refractivity contribution < 1.29 is 10.2 Å². The summed E-state index contributed by atoms with van der Waals surface area (Å²) < 4.78 is 0. The van der Waals surface area contributed by atoms with Crippen molar-refractivity contribution in [1.29, 1.82) is 0 Å². The van der Waals surface area contributed by atoms with Crippen molar-refractivity contribution in [3.8, 4) is 0 Å². The lowest BCUT2D eigenvalue weighted by Gasteiger charge is -2.62. The van der Waals surface area contributed by atoms with Crippen LogP contribution in [-0.4, -0.2) is 22.4 Å². The van der Waals surface area contributed by atoms with Crippen molar-refractivity contribution in [3.05, 3.63) is 0 Å². The average Bonchev–Trinajstić information content (AvgIpc) is 2.84. The molecule has 4 aliphatic carbocycles. The summed E-state index contributed by atoms with van der Waals surface area (Å²) in [6, 6.07) is 0. The van der Waals surface area contributed by atoms with Gasteiger partial charge in [0, 0.05) is 0 Å². The maximum Gasteiger partial charge on any atom is 0.0599 e. The molecule has 4 aliphatic rings. The molecule has 0 aromatic carbocycles. The quantitative estimate of drug-likeness (QED) is 0.714. The third kappa shape index (κ3) is 1.84. The summed E-state index contributed by atoms with van der Waals surface area (Å²) >= 11 is 0. The van der Waals surface area contributed by atoms with Crippen LogP contribution in [0.15, 0.2) is 0 Å². The van der Waals surface area contributed by atoms with Crippen LogP contribution in [-0.2, 0) is 0 Å². The molecule has 4 rings (SSSR count). The maximum absolute atomic E-state index is 10.9. The lowest BCUT2D eigenvalue weighted by atomic mass is 9.44. The molecule has 0 bridgehead atoms. The van der Waals surface area contributed by atoms with Gasteiger partial charge in [-0.1, -0.05) is 33.1 Å². The Labute approximate surface area is 129 Å². The predicted octanol–water partition coefficient (Wildman–Crippen LogP) is 3.75. The van der Waals surface area contributed by atoms with E-state index < -0.39 is 0 Å². The first-order valence-electron chi connectivity index (χ1n) is 9.33. The van der Waals surface area contributed by atoms with Crippen LogP contribution >= 0.6 is 0 Å². The smallest absolute Gasteiger partial charge is 0.0599 e. The molecule has 2 N–H and O–H groups in total. The van der Waals surface area contributed by atoms with Gasteiger partial charge in [0.15, 0.2) is 0 Å². The minimum atomic E-state index is -0.143. The summed E-state index contributed by atoms with van der Waals surface area (Å²) in [7, 11) is 0. The molecule has 0 aliphatic heterocycles. The van der Waals surface area contributed by atoms with Gasteiger partial charge < -0.3 is 10.2 Å². The van der Waals surface area contributed by atoms with Gasteiger partial charge >= 0.3 is 0 Å². The van der Waals surface area contributed by atoms with Crippen molar-refractivity contribution in [3.63, 3.8) is 0 Å². The molecule has 0 radical (unpaired) electrons. The van der Waals surface area contributed by atoms with Crippen molar-refractivity contribution in [2.45, 2.75) is 83.8 Å². The summed E-state index contributed by atoms with van der Waals surface area (Å²) in [6.45, 7) is 4.79. The van der Waals surface area contributed by atoms with Gasteiger partial charge in [-0.25, -0.2) is 0 Å². The summed E-state index contributed by atoms with van der Waals surface area (Å²) in [4.78, 5) is 0. The predicted molar refractivity (Wildman–Crippen MR) is 83.7 cm³/mol. The molecular formula is C19H32O2. The number of aliphatic hydroxyl groups excluding tert-OH is 2. The Morgan fingerprint density at radius 2 is 1.57 bits per heavy atom. The highest BCUT2D eigenvalue weighted by atomic mass is 16.3. The zero-order chi connectivity index (χ0) is 14.8. The molecule has 4 saturated carbocycles. The minimum absolute atomic E-state index is 0.0833. The van der Waals surface area contributed by atoms with Crippen LogP contribution < -0.4 is 0 Å². The van der Waals surface area contributed by atoms with Crippen LogP contribution in [0.25, 0.3) is 0 Å². The fourth-order valence-electron chi connectivity index (χ4n) is 7.21. The third-order valence-electron chi connectivity index (χ3n) is 8.51. The van der Waals surface area contributed by atoms with E-state index in [0.29, 0.717) is 29.1 Å². The fraction of sp³-hybridized carbons (Fsp3) is 1.00. The molecule has 0 unspecified atom stereocenters. The summed E-state index contributed by atoms with van der Waals surface area (Å²) in [5.74, 6) is 2.26. The molecule has 120 valence electrons. The summed E-state index contributed by atoms with van der Waals surface area (Å²) in [5.41, 5.74) is 0.465. The van der Waals surface area contributed by atoms with Gasteiger partial charge in [0.1, 0.15) is 0 Å². The van der Waals surface area contributed by atoms with Gasteiger partial charge in [0.2, 0.25) is 0 Å². The van der Waals surface area contributed by atoms with E-state index in [0.717, 1.165) is 19.3 Å². The van der Waals surface area contributed by atoms with Crippen LogP contribution in [0.5, 0.6) is 0 Å². The van der Waals surface area contributed by atoms with Crippen LogP contribution in [0.2, 0.25) is 0 Å². The standard InChI is InChI=1S/C19H32O2/c1-18-8-4-3-6-12(18)10-15(20)17-13-7-5-9-19(13,2)16(21)11-14(17)18/h12-17,20-21H,3-11H2,1-2H3/t12-,13-,14-,15-,16-,17+,18+,19+/m1/s1. The highest BCUT2D eigenvalue weighted by molar-refractivity contribution is 5.11. The van der Waals surface area contributed by atoms with E-state index in [1.165, 1.54) is 38.5 Å². The highest BCUT2D eigenvalue weighted by Crippen LogP contribution is 2.66. The van der Waals surface area contributed by atoms with E-state index in [-0.39, 0.29) is 17.6 Å². The molecule has 8 atom stereocenters. The Morgan fingerprint density at radius 3 is 2.38 bits per heavy atom. The summed E-state index contributed by atoms with van der Waals surface area (Å²) in [6.07, 6.45) is 10.7. The SMILES string of the molecule is C[C@]12CCCC[C@@H]1C[C@@H](O)[C@@H]1[C@H]2C[C@@H](O)[C@@]2(C)CCC[C@H]12. The van der Waals surface area contributed by atoms with E-state index in [2.05, 4.69) is 13.8 Å². The van der Waals surface area contributed by atoms with E-state index in [1.54, 1.807) is 0 Å². The molecule has 2 heteroatoms. The largest absolute Gasteiger partial charge is 0.393 e. The third-order valence-corrected chi connectivity index (χ3v) is 8.51. The second kappa shape index (κ2) is 4.71. The Hall–Kier alpha value is -0.0800. The zero-order valence-corrected chi connectivity index (χ0v) is 13.7. The number of rotatable bonds is 0. The molecule has 0 aromatic heterocycles. The molecule has 2 nitrogen and oxygen atoms in total. The molecule has 0 aromatic rings. The van der Waals surface area contributed by atoms with Crippen LogP contribution in [0.1, 0.15) is 71.6 Å². The van der Waals surface area contributed by atoms with E-state index in [9.17, 15) is 10.2 Å². The van der Waals surface area contributed by atoms with Crippen LogP contribution in [0.4, 0.5) is 0 Å². The van der Waals surface area contributed by atoms with Gasteiger partial charge in [-0.05, 0) is 73.0 Å². The Morgan fingerprint density at radius 1 is 0.810 bits per heavy atom. The van der Waals surface area contributed by atoms with Crippen LogP contribution in [0.3, 0.4) is 0 Å². The van der Waals surface area contributed by atoms with E-state index in [1.807, 2.05) is 0 Å². The van der Waals surface area contributed by atoms with Crippen molar-refractivity contribution in [2.24, 2.45) is 34.5 Å². The van der Waals surface area contributed by atoms with Crippen LogP contribution in [0, 0.1) is 34.5 Å². The van der Waals surface area contributed by atoms with Crippen molar-refractivity contribution >= 4 is 0 Å². The molecule has 0 spiro atoms. The molecule has 4 fully saturated rings. The highest BCUT2D eigenvalue weighted by Gasteiger charge is 2.62. The first-order valence-corrected chi connectivity index (χ1v) is 9.33. The van der Waals surface area contributed by atoms with Gasteiger partial charge in [0.05, 0.1) is 12.2 Å². The number of aliphatic hydroxyl groups is 2. The molecular weight excluding hydrogens is 260 g/mol. The molecule has 0 saturated heterocycles. The summed E-state index contributed by atoms with van der Waals surface area (Å²) in [5, 5.41) is 21.8. The van der Waals surface area contributed by atoms with Gasteiger partial charge in [-0.15, -0.1) is 0 Å². The molecule has 21 heavy (non-hydrogen) atoms. The first-order chi connectivity index (χ1) is 9.97. The monoisotopic (exact) mass is 292 g/mol. The van der Waals surface area contributed by atoms with Gasteiger partial charge in [0.25, 0.3) is 0 Å². The lowest BCUT2D eigenvalue weighted by Crippen LogP contribution is -2.60. The Balaban J connectivity index is 1.72. The van der Waals surface area contributed by atoms with E-state index in [4.69, 9.17) is 0 Å². The number of hydrogen-bond acceptors (Lipinski definition) is 2. The number of fused-ring (bicyclic) bond motifs is 5. The molecule has 0 amide bonds. The van der Waals surface area contributed by atoms with Crippen molar-refractivity contribution in [1.82, 2.24) is 0 Å². The second-order valence-corrected chi connectivity index (χ2v) is 9.19. The lowest BCUT2D eigenvalue weighted by molar-refractivity contribution is -0.190. The Kier molecular flexibility index (Phi) is 3.25. The normalized spacial score (nSPS) is 60.0. The molecule has 0 heterocycles. The average molecular weight is 292 g/mol. The topological polar surface area (TPSA) is 40.5 Å². The maximum atomic E-state index is 10.9. The number of hydrogen-bond donors (Lipinski definition) is 2. The van der Waals surface area contributed by atoms with E-state index >= 15 is 0 Å².